The van der Waals surface area contributed by atoms with Gasteiger partial charge in [0, 0.05) is 0 Å². The normalized spacial score (nSPS) is 19.7. The molecule has 0 radical (unpaired) electrons. The predicted molar refractivity (Wildman–Crippen MR) is 49.8 cm³/mol. The van der Waals surface area contributed by atoms with Crippen LogP contribution in [0.3, 0.4) is 0 Å². The molecule has 0 spiro atoms. The SMILES string of the molecule is CCOC(=O)C1OCCn2nc(N)nc21. The topological polar surface area (TPSA) is 92.3 Å². The Morgan fingerprint density at radius 1 is 1.80 bits per heavy atom. The number of carbonyl (C=O) groups excluding carboxylic acids is 1. The van der Waals surface area contributed by atoms with Gasteiger partial charge in [0.25, 0.3) is 0 Å². The van der Waals surface area contributed by atoms with E-state index in [0.29, 0.717) is 25.6 Å². The molecule has 0 amide bonds. The van der Waals surface area contributed by atoms with Gasteiger partial charge in [-0.15, -0.1) is 5.10 Å². The molecule has 1 aromatic heterocycles. The summed E-state index contributed by atoms with van der Waals surface area (Å²) in [7, 11) is 0. The van der Waals surface area contributed by atoms with Gasteiger partial charge in [0.15, 0.2) is 5.82 Å². The van der Waals surface area contributed by atoms with Crippen LogP contribution in [0.2, 0.25) is 0 Å². The number of nitrogen functional groups attached to an aromatic ring is 1. The molecule has 1 aliphatic heterocycles. The lowest BCUT2D eigenvalue weighted by Gasteiger charge is -2.20. The van der Waals surface area contributed by atoms with E-state index in [4.69, 9.17) is 15.2 Å². The molecule has 1 aromatic rings. The molecule has 0 saturated heterocycles. The van der Waals surface area contributed by atoms with Crippen LogP contribution in [0.25, 0.3) is 0 Å². The van der Waals surface area contributed by atoms with Crippen molar-refractivity contribution in [3.8, 4) is 0 Å². The van der Waals surface area contributed by atoms with E-state index in [1.54, 1.807) is 11.6 Å². The molecule has 0 fully saturated rings. The molecule has 0 bridgehead atoms. The lowest BCUT2D eigenvalue weighted by molar-refractivity contribution is -0.160. The lowest BCUT2D eigenvalue weighted by atomic mass is 10.3. The van der Waals surface area contributed by atoms with Crippen LogP contribution >= 0.6 is 0 Å². The molecule has 2 N–H and O–H groups in total. The molecular weight excluding hydrogens is 200 g/mol. The predicted octanol–water partition coefficient (Wildman–Crippen LogP) is -0.505. The Bertz CT molecular complexity index is 376. The number of nitrogens with zero attached hydrogens (tertiary/aromatic N) is 3. The van der Waals surface area contributed by atoms with E-state index >= 15 is 0 Å². The van der Waals surface area contributed by atoms with Gasteiger partial charge in [0.2, 0.25) is 12.1 Å². The van der Waals surface area contributed by atoms with Crippen molar-refractivity contribution in [2.24, 2.45) is 0 Å². The first-order chi connectivity index (χ1) is 7.22. The maximum Gasteiger partial charge on any atom is 0.343 e. The first-order valence-corrected chi connectivity index (χ1v) is 4.71. The van der Waals surface area contributed by atoms with E-state index in [9.17, 15) is 4.79 Å². The average Bonchev–Trinajstić information content (AvgIpc) is 2.57. The second-order valence-corrected chi connectivity index (χ2v) is 3.05. The molecule has 1 unspecified atom stereocenters. The van der Waals surface area contributed by atoms with Gasteiger partial charge >= 0.3 is 5.97 Å². The smallest absolute Gasteiger partial charge is 0.343 e. The minimum absolute atomic E-state index is 0.143. The van der Waals surface area contributed by atoms with Gasteiger partial charge in [0.05, 0.1) is 19.8 Å². The number of fused-ring (bicyclic) bond motifs is 1. The molecule has 0 aliphatic carbocycles. The lowest BCUT2D eigenvalue weighted by Crippen LogP contribution is -2.29. The highest BCUT2D eigenvalue weighted by molar-refractivity contribution is 5.75. The van der Waals surface area contributed by atoms with Crippen LogP contribution in [0.1, 0.15) is 18.9 Å². The van der Waals surface area contributed by atoms with Crippen molar-refractivity contribution in [2.75, 3.05) is 18.9 Å². The van der Waals surface area contributed by atoms with Crippen molar-refractivity contribution in [1.82, 2.24) is 14.8 Å². The van der Waals surface area contributed by atoms with Crippen molar-refractivity contribution in [3.63, 3.8) is 0 Å². The fourth-order valence-electron chi connectivity index (χ4n) is 1.45. The molecule has 1 atom stereocenters. The number of ether oxygens (including phenoxy) is 2. The Hall–Kier alpha value is -1.63. The maximum atomic E-state index is 11.5. The zero-order valence-electron chi connectivity index (χ0n) is 8.34. The molecule has 0 aromatic carbocycles. The van der Waals surface area contributed by atoms with E-state index < -0.39 is 12.1 Å². The molecular formula is C8H12N4O3. The van der Waals surface area contributed by atoms with Gasteiger partial charge in [-0.3, -0.25) is 0 Å². The Morgan fingerprint density at radius 3 is 3.33 bits per heavy atom. The van der Waals surface area contributed by atoms with Crippen LogP contribution in [0.5, 0.6) is 0 Å². The molecule has 7 heteroatoms. The molecule has 82 valence electrons. The third kappa shape index (κ3) is 1.78. The molecule has 0 saturated carbocycles. The van der Waals surface area contributed by atoms with Gasteiger partial charge in [0.1, 0.15) is 0 Å². The van der Waals surface area contributed by atoms with E-state index in [1.165, 1.54) is 0 Å². The summed E-state index contributed by atoms with van der Waals surface area (Å²) in [5.74, 6) is 0.104. The number of hydrogen-bond acceptors (Lipinski definition) is 6. The van der Waals surface area contributed by atoms with Crippen molar-refractivity contribution < 1.29 is 14.3 Å². The molecule has 15 heavy (non-hydrogen) atoms. The van der Waals surface area contributed by atoms with Crippen LogP contribution in [0.15, 0.2) is 0 Å². The number of nitrogens with two attached hydrogens (primary N) is 1. The Labute approximate surface area is 86.2 Å². The third-order valence-corrected chi connectivity index (χ3v) is 2.04. The van der Waals surface area contributed by atoms with Gasteiger partial charge in [-0.1, -0.05) is 0 Å². The third-order valence-electron chi connectivity index (χ3n) is 2.04. The molecule has 1 aliphatic rings. The maximum absolute atomic E-state index is 11.5. The number of carbonyl (C=O) groups is 1. The largest absolute Gasteiger partial charge is 0.464 e. The molecule has 2 rings (SSSR count). The second kappa shape index (κ2) is 3.85. The summed E-state index contributed by atoms with van der Waals surface area (Å²) < 4.78 is 11.7. The monoisotopic (exact) mass is 212 g/mol. The van der Waals surface area contributed by atoms with E-state index in [0.717, 1.165) is 0 Å². The van der Waals surface area contributed by atoms with Crippen LogP contribution < -0.4 is 5.73 Å². The standard InChI is InChI=1S/C8H12N4O3/c1-2-14-7(13)5-6-10-8(9)11-12(6)3-4-15-5/h5H,2-4H2,1H3,(H2,9,11). The minimum atomic E-state index is -0.802. The fraction of sp³-hybridized carbons (Fsp3) is 0.625. The van der Waals surface area contributed by atoms with Gasteiger partial charge in [-0.2, -0.15) is 4.98 Å². The minimum Gasteiger partial charge on any atom is -0.464 e. The molecule has 2 heterocycles. The van der Waals surface area contributed by atoms with Crippen molar-refractivity contribution in [1.29, 1.82) is 0 Å². The first-order valence-electron chi connectivity index (χ1n) is 4.71. The fourth-order valence-corrected chi connectivity index (χ4v) is 1.45. The Kier molecular flexibility index (Phi) is 2.55. The average molecular weight is 212 g/mol. The first kappa shape index (κ1) is 9.91. The highest BCUT2D eigenvalue weighted by Crippen LogP contribution is 2.21. The summed E-state index contributed by atoms with van der Waals surface area (Å²) >= 11 is 0. The second-order valence-electron chi connectivity index (χ2n) is 3.05. The van der Waals surface area contributed by atoms with Gasteiger partial charge < -0.3 is 15.2 Å². The van der Waals surface area contributed by atoms with Gasteiger partial charge in [-0.05, 0) is 6.92 Å². The van der Waals surface area contributed by atoms with Gasteiger partial charge in [-0.25, -0.2) is 9.48 Å². The zero-order chi connectivity index (χ0) is 10.8. The van der Waals surface area contributed by atoms with Crippen molar-refractivity contribution >= 4 is 11.9 Å². The van der Waals surface area contributed by atoms with Crippen LogP contribution in [0.4, 0.5) is 5.95 Å². The highest BCUT2D eigenvalue weighted by atomic mass is 16.6. The molecule has 7 nitrogen and oxygen atoms in total. The summed E-state index contributed by atoms with van der Waals surface area (Å²) in [5, 5.41) is 3.94. The number of hydrogen-bond donors (Lipinski definition) is 1. The number of rotatable bonds is 2. The van der Waals surface area contributed by atoms with Crippen LogP contribution in [0, 0.1) is 0 Å². The van der Waals surface area contributed by atoms with Crippen LogP contribution in [-0.4, -0.2) is 33.9 Å². The van der Waals surface area contributed by atoms with Crippen LogP contribution in [-0.2, 0) is 20.8 Å². The summed E-state index contributed by atoms with van der Waals surface area (Å²) in [6.45, 7) is 3.00. The highest BCUT2D eigenvalue weighted by Gasteiger charge is 2.31. The Morgan fingerprint density at radius 2 is 2.60 bits per heavy atom. The summed E-state index contributed by atoms with van der Waals surface area (Å²) in [5.41, 5.74) is 5.44. The van der Waals surface area contributed by atoms with E-state index in [2.05, 4.69) is 10.1 Å². The Balaban J connectivity index is 2.25. The quantitative estimate of drug-likeness (QED) is 0.664. The summed E-state index contributed by atoms with van der Waals surface area (Å²) in [4.78, 5) is 15.4. The van der Waals surface area contributed by atoms with E-state index in [-0.39, 0.29) is 5.95 Å². The van der Waals surface area contributed by atoms with Crippen molar-refractivity contribution in [2.45, 2.75) is 19.6 Å². The van der Waals surface area contributed by atoms with E-state index in [1.807, 2.05) is 0 Å². The number of anilines is 1. The number of aromatic nitrogens is 3. The zero-order valence-corrected chi connectivity index (χ0v) is 8.34. The number of esters is 1. The van der Waals surface area contributed by atoms with Crippen molar-refractivity contribution in [3.05, 3.63) is 5.82 Å². The summed E-state index contributed by atoms with van der Waals surface area (Å²) in [6, 6.07) is 0. The summed E-state index contributed by atoms with van der Waals surface area (Å²) in [6.07, 6.45) is -0.802.